The van der Waals surface area contributed by atoms with E-state index in [1.807, 2.05) is 0 Å². The maximum absolute atomic E-state index is 11.6. The first-order valence-electron chi connectivity index (χ1n) is 23.8. The standard InChI is InChI=1S/C46H76O17/c1-7-26-29(63-46(6)15-10-21(2)20-56-46)17-28-25-9-8-23-16-24(11-13-44(23,4)27(25)12-14-45(26,28)5)58-43-40(62-41-37(54)35(52)32(49)22(3)57-41)39(34(51)31(19-48)60-43)61-42-38(55)36(53)33(50)30(18-47)59-42/h8,21-22,24-43,47-55H,7,9-20H2,1-6H3/t21-,22?,24+,25-,26+,27+,28+,29+,30?,31?,32+,33-,34-,35?,36+,37+,38?,39+,40?,41+,42+,43-,44+,45-,46+/m1/s1. The molecule has 0 bridgehead atoms. The zero-order valence-corrected chi connectivity index (χ0v) is 37.8. The average Bonchev–Trinajstić information content (AvgIpc) is 3.55. The highest BCUT2D eigenvalue weighted by Gasteiger charge is 2.62. The Balaban J connectivity index is 1.02. The predicted octanol–water partition coefficient (Wildman–Crippen LogP) is 0.994. The first kappa shape index (κ1) is 48.5. The van der Waals surface area contributed by atoms with Gasteiger partial charge in [0.25, 0.3) is 0 Å². The van der Waals surface area contributed by atoms with Gasteiger partial charge in [-0.3, -0.25) is 0 Å². The molecule has 4 aliphatic carbocycles. The molecule has 8 rings (SSSR count). The number of hydrogen-bond donors (Lipinski definition) is 9. The third-order valence-electron chi connectivity index (χ3n) is 17.2. The van der Waals surface area contributed by atoms with E-state index >= 15 is 0 Å². The number of aliphatic hydroxyl groups excluding tert-OH is 9. The molecule has 0 radical (unpaired) electrons. The van der Waals surface area contributed by atoms with E-state index in [0.29, 0.717) is 42.4 Å². The van der Waals surface area contributed by atoms with Crippen LogP contribution >= 0.6 is 0 Å². The highest BCUT2D eigenvalue weighted by Crippen LogP contribution is 2.67. The number of aliphatic hydroxyl groups is 9. The third-order valence-corrected chi connectivity index (χ3v) is 17.2. The van der Waals surface area contributed by atoms with Gasteiger partial charge in [0.2, 0.25) is 0 Å². The van der Waals surface area contributed by atoms with E-state index in [0.717, 1.165) is 58.0 Å². The van der Waals surface area contributed by atoms with E-state index in [2.05, 4.69) is 40.7 Å². The van der Waals surface area contributed by atoms with Gasteiger partial charge in [-0.2, -0.15) is 0 Å². The summed E-state index contributed by atoms with van der Waals surface area (Å²) in [6.07, 6.45) is -11.6. The monoisotopic (exact) mass is 901 g/mol. The molecule has 4 aliphatic heterocycles. The van der Waals surface area contributed by atoms with E-state index in [4.69, 9.17) is 37.9 Å². The van der Waals surface area contributed by atoms with Crippen LogP contribution in [0.3, 0.4) is 0 Å². The third kappa shape index (κ3) is 8.86. The summed E-state index contributed by atoms with van der Waals surface area (Å²) in [7, 11) is 0. The van der Waals surface area contributed by atoms with Crippen molar-refractivity contribution in [3.8, 4) is 0 Å². The highest BCUT2D eigenvalue weighted by molar-refractivity contribution is 5.26. The van der Waals surface area contributed by atoms with Gasteiger partial charge in [0, 0.05) is 6.42 Å². The van der Waals surface area contributed by atoms with E-state index in [1.54, 1.807) is 0 Å². The van der Waals surface area contributed by atoms with Crippen molar-refractivity contribution in [2.24, 2.45) is 40.4 Å². The van der Waals surface area contributed by atoms with Crippen LogP contribution in [0.5, 0.6) is 0 Å². The Morgan fingerprint density at radius 1 is 0.683 bits per heavy atom. The largest absolute Gasteiger partial charge is 0.394 e. The molecule has 4 saturated heterocycles. The second-order valence-corrected chi connectivity index (χ2v) is 21.1. The molecule has 8 aliphatic rings. The van der Waals surface area contributed by atoms with Crippen LogP contribution in [0.15, 0.2) is 11.6 Å². The molecule has 6 unspecified atom stereocenters. The van der Waals surface area contributed by atoms with Gasteiger partial charge in [0.05, 0.1) is 38.1 Å². The summed E-state index contributed by atoms with van der Waals surface area (Å²) < 4.78 is 50.1. The van der Waals surface area contributed by atoms with Crippen molar-refractivity contribution in [3.63, 3.8) is 0 Å². The van der Waals surface area contributed by atoms with Crippen LogP contribution in [0.4, 0.5) is 0 Å². The van der Waals surface area contributed by atoms with Gasteiger partial charge in [-0.25, -0.2) is 0 Å². The first-order valence-corrected chi connectivity index (χ1v) is 23.8. The molecule has 0 aromatic heterocycles. The van der Waals surface area contributed by atoms with E-state index in [9.17, 15) is 46.0 Å². The van der Waals surface area contributed by atoms with Gasteiger partial charge in [-0.1, -0.05) is 45.8 Å². The number of allylic oxidation sites excluding steroid dienone is 1. The van der Waals surface area contributed by atoms with E-state index < -0.39 is 117 Å². The van der Waals surface area contributed by atoms with Gasteiger partial charge in [-0.15, -0.1) is 0 Å². The number of hydrogen-bond acceptors (Lipinski definition) is 17. The van der Waals surface area contributed by atoms with Crippen molar-refractivity contribution in [1.29, 1.82) is 0 Å². The summed E-state index contributed by atoms with van der Waals surface area (Å²) in [5.74, 6) is 1.98. The number of fused-ring (bicyclic) bond motifs is 5. The second-order valence-electron chi connectivity index (χ2n) is 21.1. The maximum Gasteiger partial charge on any atom is 0.187 e. The minimum Gasteiger partial charge on any atom is -0.394 e. The minimum absolute atomic E-state index is 0.0611. The Morgan fingerprint density at radius 3 is 2.00 bits per heavy atom. The lowest BCUT2D eigenvalue weighted by molar-refractivity contribution is -0.394. The summed E-state index contributed by atoms with van der Waals surface area (Å²) in [6, 6.07) is 0. The van der Waals surface area contributed by atoms with Crippen LogP contribution in [0.2, 0.25) is 0 Å². The highest BCUT2D eigenvalue weighted by atomic mass is 16.8. The fraction of sp³-hybridized carbons (Fsp3) is 0.957. The summed E-state index contributed by atoms with van der Waals surface area (Å²) in [6.45, 7) is 12.4. The molecule has 0 amide bonds. The molecule has 9 N–H and O–H groups in total. The quantitative estimate of drug-likeness (QED) is 0.131. The molecular weight excluding hydrogens is 824 g/mol. The zero-order chi connectivity index (χ0) is 45.3. The molecular formula is C46H76O17. The van der Waals surface area contributed by atoms with Crippen LogP contribution in [0.1, 0.15) is 106 Å². The van der Waals surface area contributed by atoms with Crippen molar-refractivity contribution in [1.82, 2.24) is 0 Å². The Hall–Kier alpha value is -0.940. The van der Waals surface area contributed by atoms with Gasteiger partial charge < -0.3 is 83.9 Å². The van der Waals surface area contributed by atoms with Gasteiger partial charge >= 0.3 is 0 Å². The second kappa shape index (κ2) is 18.9. The molecule has 63 heavy (non-hydrogen) atoms. The van der Waals surface area contributed by atoms with Crippen LogP contribution < -0.4 is 0 Å². The first-order chi connectivity index (χ1) is 29.9. The average molecular weight is 901 g/mol. The molecule has 0 aromatic carbocycles. The van der Waals surface area contributed by atoms with Gasteiger partial charge in [0.1, 0.15) is 67.1 Å². The van der Waals surface area contributed by atoms with E-state index in [-0.39, 0.29) is 16.9 Å². The predicted molar refractivity (Wildman–Crippen MR) is 221 cm³/mol. The SMILES string of the molecule is CC[C@H]1[C@@H](O[C@@]2(C)CC[C@@H](C)CO2)C[C@H]2[C@@H]3CC=C4C[C@@H](O[C@@H]5OC(CO)[C@@H](O)[C@H](O[C@@H]6OC(CO)[C@@H](O)[C@H](O)C6O)C5O[C@@H]5OC(C)[C@H](O)C(O)[C@@H]5O)CC[C@]4(C)[C@H]3CC[C@@]21C. The van der Waals surface area contributed by atoms with Crippen molar-refractivity contribution < 1.29 is 83.9 Å². The topological polar surface area (TPSA) is 256 Å². The molecule has 7 fully saturated rings. The van der Waals surface area contributed by atoms with Gasteiger partial charge in [-0.05, 0) is 106 Å². The zero-order valence-electron chi connectivity index (χ0n) is 37.8. The lowest BCUT2D eigenvalue weighted by Gasteiger charge is -2.58. The Kier molecular flexibility index (Phi) is 14.5. The summed E-state index contributed by atoms with van der Waals surface area (Å²) >= 11 is 0. The Morgan fingerprint density at radius 2 is 1.33 bits per heavy atom. The molecule has 17 nitrogen and oxygen atoms in total. The van der Waals surface area contributed by atoms with Crippen molar-refractivity contribution in [2.75, 3.05) is 19.8 Å². The Labute approximate surface area is 370 Å². The summed E-state index contributed by atoms with van der Waals surface area (Å²) in [5, 5.41) is 95.9. The van der Waals surface area contributed by atoms with Crippen LogP contribution in [-0.2, 0) is 37.9 Å². The number of rotatable bonds is 11. The lowest BCUT2D eigenvalue weighted by Crippen LogP contribution is -2.67. The smallest absolute Gasteiger partial charge is 0.187 e. The molecule has 25 atom stereocenters. The molecule has 0 spiro atoms. The minimum atomic E-state index is -1.84. The molecule has 4 heterocycles. The van der Waals surface area contributed by atoms with Gasteiger partial charge in [0.15, 0.2) is 24.7 Å². The maximum atomic E-state index is 11.6. The van der Waals surface area contributed by atoms with Crippen molar-refractivity contribution >= 4 is 0 Å². The van der Waals surface area contributed by atoms with Crippen LogP contribution in [0, 0.1) is 40.4 Å². The summed E-state index contributed by atoms with van der Waals surface area (Å²) in [5.41, 5.74) is 1.43. The molecule has 0 aromatic rings. The number of ether oxygens (including phenoxy) is 8. The molecule has 3 saturated carbocycles. The van der Waals surface area contributed by atoms with E-state index in [1.165, 1.54) is 12.5 Å². The lowest BCUT2D eigenvalue weighted by atomic mass is 9.47. The summed E-state index contributed by atoms with van der Waals surface area (Å²) in [4.78, 5) is 0. The van der Waals surface area contributed by atoms with Crippen LogP contribution in [-0.4, -0.2) is 176 Å². The van der Waals surface area contributed by atoms with Crippen molar-refractivity contribution in [2.45, 2.75) is 216 Å². The molecule has 17 heteroatoms. The van der Waals surface area contributed by atoms with Crippen LogP contribution in [0.25, 0.3) is 0 Å². The normalized spacial score (nSPS) is 55.1. The Bertz CT molecular complexity index is 1580. The fourth-order valence-electron chi connectivity index (χ4n) is 13.3. The van der Waals surface area contributed by atoms with Crippen molar-refractivity contribution in [3.05, 3.63) is 11.6 Å². The molecule has 362 valence electrons. The fourth-order valence-corrected chi connectivity index (χ4v) is 13.3.